The molecule has 25 heavy (non-hydrogen) atoms. The Morgan fingerprint density at radius 1 is 1.32 bits per heavy atom. The Labute approximate surface area is 148 Å². The van der Waals surface area contributed by atoms with Crippen molar-refractivity contribution in [3.05, 3.63) is 48.3 Å². The Morgan fingerprint density at radius 3 is 3.00 bits per heavy atom. The molecule has 1 fully saturated rings. The maximum atomic E-state index is 11.7. The van der Waals surface area contributed by atoms with Crippen LogP contribution >= 0.6 is 0 Å². The molecular weight excluding hydrogens is 316 g/mol. The minimum absolute atomic E-state index is 0.176. The van der Waals surface area contributed by atoms with Gasteiger partial charge in [-0.05, 0) is 37.1 Å². The first-order chi connectivity index (χ1) is 12.2. The quantitative estimate of drug-likeness (QED) is 0.875. The van der Waals surface area contributed by atoms with Crippen LogP contribution < -0.4 is 20.3 Å². The molecule has 1 unspecified atom stereocenters. The zero-order valence-electron chi connectivity index (χ0n) is 14.7. The van der Waals surface area contributed by atoms with Crippen LogP contribution in [0.3, 0.4) is 0 Å². The van der Waals surface area contributed by atoms with Crippen molar-refractivity contribution in [3.8, 4) is 5.75 Å². The van der Waals surface area contributed by atoms with Gasteiger partial charge in [0.2, 0.25) is 0 Å². The summed E-state index contributed by atoms with van der Waals surface area (Å²) in [7, 11) is 3.30. The van der Waals surface area contributed by atoms with Gasteiger partial charge >= 0.3 is 0 Å². The zero-order valence-corrected chi connectivity index (χ0v) is 14.7. The molecule has 0 bridgehead atoms. The van der Waals surface area contributed by atoms with Crippen molar-refractivity contribution in [1.29, 1.82) is 0 Å². The highest BCUT2D eigenvalue weighted by Crippen LogP contribution is 2.25. The lowest BCUT2D eigenvalue weighted by molar-refractivity contribution is 0.0958. The Kier molecular flexibility index (Phi) is 5.38. The van der Waals surface area contributed by atoms with Crippen LogP contribution in [0, 0.1) is 0 Å². The molecule has 2 N–H and O–H groups in total. The molecule has 3 rings (SSSR count). The van der Waals surface area contributed by atoms with E-state index < -0.39 is 0 Å². The van der Waals surface area contributed by atoms with E-state index in [-0.39, 0.29) is 5.91 Å². The van der Waals surface area contributed by atoms with Gasteiger partial charge in [0.15, 0.2) is 0 Å². The highest BCUT2D eigenvalue weighted by Gasteiger charge is 2.20. The predicted octanol–water partition coefficient (Wildman–Crippen LogP) is 2.53. The number of carbonyl (C=O) groups excluding carboxylic acids is 1. The number of rotatable bonds is 5. The van der Waals surface area contributed by atoms with Crippen molar-refractivity contribution in [2.75, 3.05) is 37.5 Å². The topological polar surface area (TPSA) is 66.5 Å². The highest BCUT2D eigenvalue weighted by atomic mass is 16.5. The van der Waals surface area contributed by atoms with Crippen molar-refractivity contribution in [2.24, 2.45) is 0 Å². The molecule has 2 heterocycles. The van der Waals surface area contributed by atoms with Gasteiger partial charge < -0.3 is 20.3 Å². The second-order valence-corrected chi connectivity index (χ2v) is 6.14. The number of benzene rings is 1. The number of nitrogens with zero attached hydrogens (tertiary/aromatic N) is 2. The van der Waals surface area contributed by atoms with E-state index in [1.165, 1.54) is 5.69 Å². The second kappa shape index (κ2) is 7.88. The number of amides is 1. The van der Waals surface area contributed by atoms with E-state index in [4.69, 9.17) is 4.74 Å². The lowest BCUT2D eigenvalue weighted by Gasteiger charge is -2.35. The van der Waals surface area contributed by atoms with Crippen LogP contribution in [-0.4, -0.2) is 44.2 Å². The molecule has 1 aliphatic rings. The minimum Gasteiger partial charge on any atom is -0.497 e. The molecule has 1 saturated heterocycles. The fraction of sp³-hybridized carbons (Fsp3) is 0.368. The van der Waals surface area contributed by atoms with Crippen molar-refractivity contribution in [3.63, 3.8) is 0 Å². The van der Waals surface area contributed by atoms with Gasteiger partial charge in [-0.2, -0.15) is 0 Å². The number of anilines is 2. The summed E-state index contributed by atoms with van der Waals surface area (Å²) in [4.78, 5) is 18.2. The lowest BCUT2D eigenvalue weighted by atomic mass is 10.0. The fourth-order valence-electron chi connectivity index (χ4n) is 3.14. The van der Waals surface area contributed by atoms with E-state index in [1.807, 2.05) is 18.2 Å². The Hall–Kier alpha value is -2.76. The maximum absolute atomic E-state index is 11.7. The Balaban J connectivity index is 1.68. The predicted molar refractivity (Wildman–Crippen MR) is 99.5 cm³/mol. The molecule has 0 radical (unpaired) electrons. The molecule has 1 aromatic carbocycles. The van der Waals surface area contributed by atoms with Crippen molar-refractivity contribution >= 4 is 17.3 Å². The van der Waals surface area contributed by atoms with Gasteiger partial charge in [0, 0.05) is 49.8 Å². The third-order valence-corrected chi connectivity index (χ3v) is 4.43. The second-order valence-electron chi connectivity index (χ2n) is 6.14. The van der Waals surface area contributed by atoms with Crippen molar-refractivity contribution < 1.29 is 9.53 Å². The molecule has 6 heteroatoms. The summed E-state index contributed by atoms with van der Waals surface area (Å²) in [6.07, 6.45) is 3.87. The number of pyridine rings is 1. The average Bonchev–Trinajstić information content (AvgIpc) is 2.68. The number of carbonyl (C=O) groups is 1. The van der Waals surface area contributed by atoms with Gasteiger partial charge in [-0.25, -0.2) is 0 Å². The summed E-state index contributed by atoms with van der Waals surface area (Å²) < 4.78 is 5.33. The summed E-state index contributed by atoms with van der Waals surface area (Å²) in [6, 6.07) is 12.2. The average molecular weight is 340 g/mol. The molecule has 2 aromatic rings. The molecule has 1 amide bonds. The number of hydrogen-bond acceptors (Lipinski definition) is 5. The Morgan fingerprint density at radius 2 is 2.20 bits per heavy atom. The molecule has 0 spiro atoms. The molecular formula is C19H24N4O2. The SMILES string of the molecule is CNC(=O)c1cc(NC2CCCN(c3cccc(OC)c3)C2)ccn1. The molecule has 1 aliphatic heterocycles. The highest BCUT2D eigenvalue weighted by molar-refractivity contribution is 5.92. The fourth-order valence-corrected chi connectivity index (χ4v) is 3.14. The van der Waals surface area contributed by atoms with E-state index in [9.17, 15) is 4.79 Å². The first-order valence-corrected chi connectivity index (χ1v) is 8.53. The zero-order chi connectivity index (χ0) is 17.6. The third kappa shape index (κ3) is 4.21. The van der Waals surface area contributed by atoms with E-state index in [1.54, 1.807) is 26.4 Å². The van der Waals surface area contributed by atoms with Crippen LogP contribution in [0.2, 0.25) is 0 Å². The van der Waals surface area contributed by atoms with Crippen LogP contribution in [0.25, 0.3) is 0 Å². The molecule has 132 valence electrons. The maximum Gasteiger partial charge on any atom is 0.269 e. The summed E-state index contributed by atoms with van der Waals surface area (Å²) >= 11 is 0. The number of aromatic nitrogens is 1. The lowest BCUT2D eigenvalue weighted by Crippen LogP contribution is -2.42. The number of nitrogens with one attached hydrogen (secondary N) is 2. The van der Waals surface area contributed by atoms with Crippen molar-refractivity contribution in [1.82, 2.24) is 10.3 Å². The Bertz CT molecular complexity index is 735. The number of hydrogen-bond donors (Lipinski definition) is 2. The first kappa shape index (κ1) is 17.1. The first-order valence-electron chi connectivity index (χ1n) is 8.53. The van der Waals surface area contributed by atoms with E-state index >= 15 is 0 Å². The molecule has 1 atom stereocenters. The van der Waals surface area contributed by atoms with Crippen LogP contribution in [0.5, 0.6) is 5.75 Å². The van der Waals surface area contributed by atoms with Crippen LogP contribution in [0.1, 0.15) is 23.3 Å². The van der Waals surface area contributed by atoms with Crippen LogP contribution in [-0.2, 0) is 0 Å². The number of ether oxygens (including phenoxy) is 1. The normalized spacial score (nSPS) is 17.0. The standard InChI is InChI=1S/C19H24N4O2/c1-20-19(24)18-11-14(8-9-21-18)22-15-5-4-10-23(13-15)16-6-3-7-17(12-16)25-2/h3,6-9,11-12,15H,4-5,10,13H2,1-2H3,(H,20,24)(H,21,22). The summed E-state index contributed by atoms with van der Waals surface area (Å²) in [5.74, 6) is 0.697. The molecule has 6 nitrogen and oxygen atoms in total. The van der Waals surface area contributed by atoms with E-state index in [2.05, 4.69) is 32.7 Å². The van der Waals surface area contributed by atoms with E-state index in [0.717, 1.165) is 37.4 Å². The van der Waals surface area contributed by atoms with Gasteiger partial charge in [0.1, 0.15) is 11.4 Å². The largest absolute Gasteiger partial charge is 0.497 e. The third-order valence-electron chi connectivity index (χ3n) is 4.43. The number of piperidine rings is 1. The van der Waals surface area contributed by atoms with E-state index in [0.29, 0.717) is 11.7 Å². The molecule has 0 aliphatic carbocycles. The summed E-state index contributed by atoms with van der Waals surface area (Å²) in [5, 5.41) is 6.14. The summed E-state index contributed by atoms with van der Waals surface area (Å²) in [6.45, 7) is 1.94. The van der Waals surface area contributed by atoms with Crippen molar-refractivity contribution in [2.45, 2.75) is 18.9 Å². The van der Waals surface area contributed by atoms with Gasteiger partial charge in [0.25, 0.3) is 5.91 Å². The molecule has 0 saturated carbocycles. The summed E-state index contributed by atoms with van der Waals surface area (Å²) in [5.41, 5.74) is 2.52. The van der Waals surface area contributed by atoms with Gasteiger partial charge in [0.05, 0.1) is 7.11 Å². The van der Waals surface area contributed by atoms with Gasteiger partial charge in [-0.1, -0.05) is 6.07 Å². The molecule has 1 aromatic heterocycles. The smallest absolute Gasteiger partial charge is 0.269 e. The van der Waals surface area contributed by atoms with Gasteiger partial charge in [-0.3, -0.25) is 9.78 Å². The van der Waals surface area contributed by atoms with Gasteiger partial charge in [-0.15, -0.1) is 0 Å². The monoisotopic (exact) mass is 340 g/mol. The van der Waals surface area contributed by atoms with Crippen LogP contribution in [0.15, 0.2) is 42.6 Å². The number of methoxy groups -OCH3 is 1. The van der Waals surface area contributed by atoms with Crippen LogP contribution in [0.4, 0.5) is 11.4 Å². The minimum atomic E-state index is -0.176.